The monoisotopic (exact) mass is 406 g/mol. The van der Waals surface area contributed by atoms with Crippen LogP contribution in [0, 0.1) is 12.3 Å². The summed E-state index contributed by atoms with van der Waals surface area (Å²) in [5.74, 6) is 0.832. The zero-order chi connectivity index (χ0) is 20.3. The Kier molecular flexibility index (Phi) is 4.11. The van der Waals surface area contributed by atoms with Gasteiger partial charge < -0.3 is 14.2 Å². The van der Waals surface area contributed by atoms with Crippen molar-refractivity contribution < 1.29 is 14.2 Å². The van der Waals surface area contributed by atoms with Crippen LogP contribution in [0.25, 0.3) is 10.9 Å². The predicted molar refractivity (Wildman–Crippen MR) is 110 cm³/mol. The highest BCUT2D eigenvalue weighted by molar-refractivity contribution is 5.85. The molecule has 1 unspecified atom stereocenters. The smallest absolute Gasteiger partial charge is 0.141 e. The van der Waals surface area contributed by atoms with Crippen molar-refractivity contribution in [3.8, 4) is 5.75 Å². The first-order valence-corrected chi connectivity index (χ1v) is 10.8. The molecule has 3 aromatic rings. The van der Waals surface area contributed by atoms with Crippen molar-refractivity contribution in [2.45, 2.75) is 51.9 Å². The van der Waals surface area contributed by atoms with Crippen LogP contribution in [0.15, 0.2) is 24.4 Å². The number of nitrogens with zero attached hydrogens (tertiary/aromatic N) is 4. The van der Waals surface area contributed by atoms with Crippen LogP contribution in [0.5, 0.6) is 5.75 Å². The highest BCUT2D eigenvalue weighted by Gasteiger charge is 2.50. The van der Waals surface area contributed by atoms with Gasteiger partial charge >= 0.3 is 0 Å². The predicted octanol–water partition coefficient (Wildman–Crippen LogP) is 3.70. The Bertz CT molecular complexity index is 1110. The maximum Gasteiger partial charge on any atom is 0.141 e. The van der Waals surface area contributed by atoms with Crippen molar-refractivity contribution in [3.63, 3.8) is 0 Å². The molecule has 0 radical (unpaired) electrons. The molecule has 2 fully saturated rings. The minimum atomic E-state index is -0.171. The fourth-order valence-corrected chi connectivity index (χ4v) is 5.06. The Balaban J connectivity index is 1.21. The molecule has 1 saturated carbocycles. The van der Waals surface area contributed by atoms with Crippen molar-refractivity contribution >= 4 is 10.9 Å². The third-order valence-corrected chi connectivity index (χ3v) is 6.91. The number of ether oxygens (including phenoxy) is 3. The number of aromatic nitrogens is 4. The Morgan fingerprint density at radius 1 is 1.20 bits per heavy atom. The number of rotatable bonds is 4. The van der Waals surface area contributed by atoms with Crippen LogP contribution in [-0.2, 0) is 22.5 Å². The minimum Gasteiger partial charge on any atom is -0.484 e. The molecule has 1 atom stereocenters. The lowest BCUT2D eigenvalue weighted by Crippen LogP contribution is -2.52. The van der Waals surface area contributed by atoms with E-state index in [2.05, 4.69) is 23.3 Å². The summed E-state index contributed by atoms with van der Waals surface area (Å²) < 4.78 is 19.3. The van der Waals surface area contributed by atoms with Gasteiger partial charge in [-0.05, 0) is 56.9 Å². The summed E-state index contributed by atoms with van der Waals surface area (Å²) in [5, 5.41) is 9.90. The molecule has 1 aromatic carbocycles. The second kappa shape index (κ2) is 6.75. The van der Waals surface area contributed by atoms with Gasteiger partial charge in [0.05, 0.1) is 44.2 Å². The topological polar surface area (TPSA) is 71.3 Å². The van der Waals surface area contributed by atoms with Gasteiger partial charge in [0.2, 0.25) is 0 Å². The van der Waals surface area contributed by atoms with Gasteiger partial charge in [-0.1, -0.05) is 5.21 Å². The summed E-state index contributed by atoms with van der Waals surface area (Å²) >= 11 is 0. The molecule has 30 heavy (non-hydrogen) atoms. The van der Waals surface area contributed by atoms with Gasteiger partial charge in [-0.25, -0.2) is 4.68 Å². The molecule has 7 heteroatoms. The zero-order valence-electron chi connectivity index (χ0n) is 17.4. The third-order valence-electron chi connectivity index (χ3n) is 6.91. The van der Waals surface area contributed by atoms with Crippen molar-refractivity contribution in [3.05, 3.63) is 46.9 Å². The third kappa shape index (κ3) is 2.91. The summed E-state index contributed by atoms with van der Waals surface area (Å²) in [6.07, 6.45) is 5.05. The lowest BCUT2D eigenvalue weighted by molar-refractivity contribution is -0.176. The maximum absolute atomic E-state index is 6.25. The van der Waals surface area contributed by atoms with E-state index in [1.54, 1.807) is 0 Å². The van der Waals surface area contributed by atoms with E-state index in [0.29, 0.717) is 18.1 Å². The van der Waals surface area contributed by atoms with Gasteiger partial charge in [0.25, 0.3) is 0 Å². The summed E-state index contributed by atoms with van der Waals surface area (Å²) in [4.78, 5) is 4.76. The molecule has 6 rings (SSSR count). The van der Waals surface area contributed by atoms with E-state index in [-0.39, 0.29) is 6.10 Å². The number of hydrogen-bond acceptors (Lipinski definition) is 6. The van der Waals surface area contributed by atoms with Crippen molar-refractivity contribution in [2.75, 3.05) is 19.8 Å². The van der Waals surface area contributed by atoms with Crippen molar-refractivity contribution in [2.24, 2.45) is 5.41 Å². The SMILES string of the molecule is Cc1nc2ccc(OC(C)c3cn(C4CC5(COC5)C4)nn3)cc2c2c1COCC2. The van der Waals surface area contributed by atoms with Crippen molar-refractivity contribution in [1.82, 2.24) is 20.0 Å². The zero-order valence-corrected chi connectivity index (χ0v) is 17.4. The van der Waals surface area contributed by atoms with Crippen LogP contribution in [0.1, 0.15) is 54.4 Å². The molecule has 7 nitrogen and oxygen atoms in total. The second-order valence-corrected chi connectivity index (χ2v) is 9.07. The Morgan fingerprint density at radius 2 is 2.07 bits per heavy atom. The Labute approximate surface area is 175 Å². The van der Waals surface area contributed by atoms with Gasteiger partial charge in [0.15, 0.2) is 0 Å². The summed E-state index contributed by atoms with van der Waals surface area (Å²) in [6.45, 7) is 7.28. The standard InChI is InChI=1S/C23H26N4O3/c1-14-20-11-28-6-5-18(20)19-7-17(3-4-21(19)24-14)30-15(2)22-10-27(26-25-22)16-8-23(9-16)12-29-13-23/h3-4,7,10,15-16H,5-6,8-9,11-13H2,1-2H3. The molecule has 2 aromatic heterocycles. The van der Waals surface area contributed by atoms with Crippen molar-refractivity contribution in [1.29, 1.82) is 0 Å². The van der Waals surface area contributed by atoms with Gasteiger partial charge in [-0.15, -0.1) is 5.10 Å². The number of hydrogen-bond donors (Lipinski definition) is 0. The van der Waals surface area contributed by atoms with E-state index in [4.69, 9.17) is 19.2 Å². The van der Waals surface area contributed by atoms with E-state index in [9.17, 15) is 0 Å². The molecule has 0 bridgehead atoms. The van der Waals surface area contributed by atoms with E-state index in [1.165, 1.54) is 11.1 Å². The molecule has 2 aliphatic heterocycles. The van der Waals surface area contributed by atoms with Gasteiger partial charge in [0.1, 0.15) is 17.5 Å². The minimum absolute atomic E-state index is 0.171. The largest absolute Gasteiger partial charge is 0.484 e. The number of pyridine rings is 1. The van der Waals surface area contributed by atoms with Crippen LogP contribution in [0.2, 0.25) is 0 Å². The van der Waals surface area contributed by atoms with Gasteiger partial charge in [-0.2, -0.15) is 0 Å². The molecular weight excluding hydrogens is 380 g/mol. The lowest BCUT2D eigenvalue weighted by Gasteiger charge is -2.52. The summed E-state index contributed by atoms with van der Waals surface area (Å²) in [7, 11) is 0. The van der Waals surface area contributed by atoms with E-state index >= 15 is 0 Å². The van der Waals surface area contributed by atoms with Crippen LogP contribution in [0.3, 0.4) is 0 Å². The Morgan fingerprint density at radius 3 is 2.87 bits per heavy atom. The molecule has 0 N–H and O–H groups in total. The number of aryl methyl sites for hydroxylation is 1. The second-order valence-electron chi connectivity index (χ2n) is 9.07. The number of benzene rings is 1. The average molecular weight is 406 g/mol. The maximum atomic E-state index is 6.25. The molecule has 3 aliphatic rings. The lowest BCUT2D eigenvalue weighted by atomic mass is 9.64. The molecule has 0 amide bonds. The normalized spacial score (nSPS) is 21.1. The molecule has 156 valence electrons. The average Bonchev–Trinajstić information content (AvgIpc) is 3.17. The first-order chi connectivity index (χ1) is 14.6. The fraction of sp³-hybridized carbons (Fsp3) is 0.522. The number of fused-ring (bicyclic) bond motifs is 3. The molecule has 4 heterocycles. The molecule has 1 spiro atoms. The van der Waals surface area contributed by atoms with E-state index < -0.39 is 0 Å². The highest BCUT2D eigenvalue weighted by atomic mass is 16.5. The van der Waals surface area contributed by atoms with E-state index in [0.717, 1.165) is 67.1 Å². The van der Waals surface area contributed by atoms with Gasteiger partial charge in [-0.3, -0.25) is 4.98 Å². The summed E-state index contributed by atoms with van der Waals surface area (Å²) in [5.41, 5.74) is 5.91. The Hall–Kier alpha value is -2.51. The summed E-state index contributed by atoms with van der Waals surface area (Å²) in [6, 6.07) is 6.59. The first kappa shape index (κ1) is 18.3. The highest BCUT2D eigenvalue weighted by Crippen LogP contribution is 2.52. The molecular formula is C23H26N4O3. The van der Waals surface area contributed by atoms with Gasteiger partial charge in [0, 0.05) is 22.1 Å². The van der Waals surface area contributed by atoms with Crippen LogP contribution >= 0.6 is 0 Å². The van der Waals surface area contributed by atoms with Crippen LogP contribution in [-0.4, -0.2) is 39.8 Å². The first-order valence-electron chi connectivity index (χ1n) is 10.8. The quantitative estimate of drug-likeness (QED) is 0.658. The van der Waals surface area contributed by atoms with Crippen LogP contribution in [0.4, 0.5) is 0 Å². The molecule has 1 saturated heterocycles. The van der Waals surface area contributed by atoms with Crippen LogP contribution < -0.4 is 4.74 Å². The van der Waals surface area contributed by atoms with E-state index in [1.807, 2.05) is 29.9 Å². The molecule has 1 aliphatic carbocycles. The fourth-order valence-electron chi connectivity index (χ4n) is 5.06.